The number of halogens is 1. The summed E-state index contributed by atoms with van der Waals surface area (Å²) in [4.78, 5) is 26.8. The van der Waals surface area contributed by atoms with Gasteiger partial charge in [-0.3, -0.25) is 14.5 Å². The summed E-state index contributed by atoms with van der Waals surface area (Å²) < 4.78 is 13.0. The monoisotopic (exact) mass is 420 g/mol. The lowest BCUT2D eigenvalue weighted by atomic mass is 10.1. The molecule has 4 nitrogen and oxygen atoms in total. The van der Waals surface area contributed by atoms with E-state index in [2.05, 4.69) is 11.4 Å². The Bertz CT molecular complexity index is 1080. The van der Waals surface area contributed by atoms with Gasteiger partial charge in [-0.05, 0) is 79.1 Å². The van der Waals surface area contributed by atoms with E-state index in [1.54, 1.807) is 11.8 Å². The summed E-state index contributed by atoms with van der Waals surface area (Å²) in [6, 6.07) is 19.0. The van der Waals surface area contributed by atoms with Crippen molar-refractivity contribution in [2.45, 2.75) is 19.2 Å². The predicted molar refractivity (Wildman–Crippen MR) is 119 cm³/mol. The van der Waals surface area contributed by atoms with Crippen LogP contribution in [0.4, 0.5) is 15.8 Å². The van der Waals surface area contributed by atoms with Crippen LogP contribution in [0.3, 0.4) is 0 Å². The Hall–Kier alpha value is -3.12. The first-order valence-electron chi connectivity index (χ1n) is 9.59. The summed E-state index contributed by atoms with van der Waals surface area (Å²) in [5.41, 5.74) is 5.16. The Morgan fingerprint density at radius 3 is 2.27 bits per heavy atom. The summed E-state index contributed by atoms with van der Waals surface area (Å²) in [6.45, 7) is 4.05. The molecule has 1 N–H and O–H groups in total. The largest absolute Gasteiger partial charge is 0.322 e. The molecule has 30 heavy (non-hydrogen) atoms. The molecule has 0 radical (unpaired) electrons. The van der Waals surface area contributed by atoms with Crippen LogP contribution in [0, 0.1) is 19.7 Å². The molecule has 0 unspecified atom stereocenters. The zero-order valence-corrected chi connectivity index (χ0v) is 17.5. The number of hydrogen-bond donors (Lipinski definition) is 1. The van der Waals surface area contributed by atoms with Crippen LogP contribution in [0.15, 0.2) is 66.7 Å². The summed E-state index contributed by atoms with van der Waals surface area (Å²) in [7, 11) is 0. The first-order valence-corrected chi connectivity index (χ1v) is 10.6. The van der Waals surface area contributed by atoms with Gasteiger partial charge in [0.1, 0.15) is 11.2 Å². The van der Waals surface area contributed by atoms with Crippen molar-refractivity contribution in [1.29, 1.82) is 0 Å². The summed E-state index contributed by atoms with van der Waals surface area (Å²) in [6.07, 6.45) is 0. The van der Waals surface area contributed by atoms with Gasteiger partial charge in [0.05, 0.1) is 5.75 Å². The number of aryl methyl sites for hydroxylation is 2. The molecule has 1 aliphatic rings. The first kappa shape index (κ1) is 20.2. The SMILES string of the molecule is Cc1cc(C)cc(N2C(=O)CS[C@@H]2c2ccc(NC(=O)c3ccc(F)cc3)cc2)c1. The van der Waals surface area contributed by atoms with Crippen molar-refractivity contribution in [3.05, 3.63) is 94.8 Å². The first-order chi connectivity index (χ1) is 14.4. The van der Waals surface area contributed by atoms with Gasteiger partial charge < -0.3 is 5.32 Å². The number of nitrogens with one attached hydrogen (secondary N) is 1. The number of amides is 2. The number of carbonyl (C=O) groups excluding carboxylic acids is 2. The molecule has 1 heterocycles. The number of anilines is 2. The van der Waals surface area contributed by atoms with Crippen molar-refractivity contribution in [2.75, 3.05) is 16.0 Å². The third-order valence-corrected chi connectivity index (χ3v) is 6.12. The Morgan fingerprint density at radius 2 is 1.63 bits per heavy atom. The van der Waals surface area contributed by atoms with Crippen LogP contribution in [0.1, 0.15) is 32.4 Å². The van der Waals surface area contributed by atoms with Gasteiger partial charge >= 0.3 is 0 Å². The van der Waals surface area contributed by atoms with Gasteiger partial charge in [0.2, 0.25) is 5.91 Å². The molecular formula is C24H21FN2O2S. The van der Waals surface area contributed by atoms with E-state index in [1.807, 2.05) is 55.1 Å². The van der Waals surface area contributed by atoms with E-state index in [4.69, 9.17) is 0 Å². The van der Waals surface area contributed by atoms with Gasteiger partial charge in [-0.15, -0.1) is 11.8 Å². The standard InChI is InChI=1S/C24H21FN2O2S/c1-15-11-16(2)13-21(12-15)27-22(28)14-30-24(27)18-5-9-20(10-6-18)26-23(29)17-3-7-19(25)8-4-17/h3-13,24H,14H2,1-2H3,(H,26,29)/t24-/m1/s1. The number of benzene rings is 3. The molecule has 1 aliphatic heterocycles. The van der Waals surface area contributed by atoms with E-state index in [9.17, 15) is 14.0 Å². The van der Waals surface area contributed by atoms with Gasteiger partial charge in [-0.1, -0.05) is 18.2 Å². The lowest BCUT2D eigenvalue weighted by Crippen LogP contribution is -2.28. The molecule has 3 aromatic rings. The normalized spacial score (nSPS) is 16.0. The number of carbonyl (C=O) groups is 2. The maximum Gasteiger partial charge on any atom is 0.255 e. The van der Waals surface area contributed by atoms with Gasteiger partial charge in [-0.2, -0.15) is 0 Å². The van der Waals surface area contributed by atoms with E-state index in [0.29, 0.717) is 17.0 Å². The molecule has 1 atom stereocenters. The molecule has 6 heteroatoms. The van der Waals surface area contributed by atoms with Crippen molar-refractivity contribution in [3.8, 4) is 0 Å². The number of nitrogens with zero attached hydrogens (tertiary/aromatic N) is 1. The highest BCUT2D eigenvalue weighted by atomic mass is 32.2. The minimum Gasteiger partial charge on any atom is -0.322 e. The smallest absolute Gasteiger partial charge is 0.255 e. The fraction of sp³-hybridized carbons (Fsp3) is 0.167. The van der Waals surface area contributed by atoms with Crippen LogP contribution < -0.4 is 10.2 Å². The molecule has 1 saturated heterocycles. The summed E-state index contributed by atoms with van der Waals surface area (Å²) >= 11 is 1.59. The number of hydrogen-bond acceptors (Lipinski definition) is 3. The predicted octanol–water partition coefficient (Wildman–Crippen LogP) is 5.47. The van der Waals surface area contributed by atoms with E-state index >= 15 is 0 Å². The van der Waals surface area contributed by atoms with E-state index in [-0.39, 0.29) is 23.0 Å². The Balaban J connectivity index is 1.53. The molecule has 1 fully saturated rings. The Kier molecular flexibility index (Phi) is 5.59. The molecule has 4 rings (SSSR count). The second-order valence-electron chi connectivity index (χ2n) is 7.36. The van der Waals surface area contributed by atoms with Gasteiger partial charge in [0.15, 0.2) is 0 Å². The van der Waals surface area contributed by atoms with E-state index < -0.39 is 0 Å². The zero-order valence-electron chi connectivity index (χ0n) is 16.7. The minimum atomic E-state index is -0.382. The highest BCUT2D eigenvalue weighted by Crippen LogP contribution is 2.42. The summed E-state index contributed by atoms with van der Waals surface area (Å²) in [5.74, 6) is -0.164. The third kappa shape index (κ3) is 4.24. The van der Waals surface area contributed by atoms with Crippen molar-refractivity contribution < 1.29 is 14.0 Å². The van der Waals surface area contributed by atoms with Crippen LogP contribution in [0.5, 0.6) is 0 Å². The second kappa shape index (κ2) is 8.32. The molecule has 0 saturated carbocycles. The number of rotatable bonds is 4. The van der Waals surface area contributed by atoms with Gasteiger partial charge in [-0.25, -0.2) is 4.39 Å². The quantitative estimate of drug-likeness (QED) is 0.609. The lowest BCUT2D eigenvalue weighted by Gasteiger charge is -2.25. The molecule has 0 bridgehead atoms. The lowest BCUT2D eigenvalue weighted by molar-refractivity contribution is -0.115. The van der Waals surface area contributed by atoms with Crippen molar-refractivity contribution in [3.63, 3.8) is 0 Å². The number of thioether (sulfide) groups is 1. The summed E-state index contributed by atoms with van der Waals surface area (Å²) in [5, 5.41) is 2.70. The van der Waals surface area contributed by atoms with Crippen molar-refractivity contribution in [1.82, 2.24) is 0 Å². The molecule has 0 spiro atoms. The zero-order chi connectivity index (χ0) is 21.3. The average Bonchev–Trinajstić information content (AvgIpc) is 3.10. The maximum absolute atomic E-state index is 13.0. The fourth-order valence-electron chi connectivity index (χ4n) is 3.58. The average molecular weight is 421 g/mol. The Morgan fingerprint density at radius 1 is 1.00 bits per heavy atom. The highest BCUT2D eigenvalue weighted by molar-refractivity contribution is 8.00. The molecule has 152 valence electrons. The van der Waals surface area contributed by atoms with Crippen molar-refractivity contribution in [2.24, 2.45) is 0 Å². The van der Waals surface area contributed by atoms with Crippen LogP contribution in [-0.4, -0.2) is 17.6 Å². The topological polar surface area (TPSA) is 49.4 Å². The molecule has 0 aliphatic carbocycles. The second-order valence-corrected chi connectivity index (χ2v) is 8.42. The van der Waals surface area contributed by atoms with E-state index in [0.717, 1.165) is 22.4 Å². The van der Waals surface area contributed by atoms with Crippen LogP contribution >= 0.6 is 11.8 Å². The molecule has 0 aromatic heterocycles. The maximum atomic E-state index is 13.0. The van der Waals surface area contributed by atoms with Gasteiger partial charge in [0.25, 0.3) is 5.91 Å². The van der Waals surface area contributed by atoms with Crippen molar-refractivity contribution >= 4 is 35.0 Å². The fourth-order valence-corrected chi connectivity index (χ4v) is 4.75. The van der Waals surface area contributed by atoms with Crippen LogP contribution in [-0.2, 0) is 4.79 Å². The minimum absolute atomic E-state index is 0.0867. The molecule has 3 aromatic carbocycles. The molecular weight excluding hydrogens is 399 g/mol. The molecule has 2 amide bonds. The van der Waals surface area contributed by atoms with Crippen LogP contribution in [0.25, 0.3) is 0 Å². The van der Waals surface area contributed by atoms with Gasteiger partial charge in [0, 0.05) is 16.9 Å². The third-order valence-electron chi connectivity index (χ3n) is 4.91. The Labute approximate surface area is 179 Å². The highest BCUT2D eigenvalue weighted by Gasteiger charge is 2.34. The van der Waals surface area contributed by atoms with Crippen LogP contribution in [0.2, 0.25) is 0 Å². The van der Waals surface area contributed by atoms with E-state index in [1.165, 1.54) is 24.3 Å².